The van der Waals surface area contributed by atoms with Crippen molar-refractivity contribution < 1.29 is 18.7 Å². The molecule has 0 aliphatic heterocycles. The zero-order chi connectivity index (χ0) is 21.8. The molecule has 156 valence electrons. The van der Waals surface area contributed by atoms with Gasteiger partial charge in [-0.1, -0.05) is 48.0 Å². The second-order valence-electron chi connectivity index (χ2n) is 6.80. The molecule has 0 saturated heterocycles. The van der Waals surface area contributed by atoms with Crippen molar-refractivity contribution in [2.75, 3.05) is 6.61 Å². The summed E-state index contributed by atoms with van der Waals surface area (Å²) >= 11 is 7.43. The number of ether oxygens (including phenoxy) is 1. The molecular weight excluding hydrogens is 432 g/mol. The molecule has 0 N–H and O–H groups in total. The van der Waals surface area contributed by atoms with Gasteiger partial charge in [-0.25, -0.2) is 4.79 Å². The van der Waals surface area contributed by atoms with Crippen LogP contribution in [0.15, 0.2) is 76.5 Å². The van der Waals surface area contributed by atoms with Gasteiger partial charge in [0.15, 0.2) is 11.5 Å². The molecule has 0 amide bonds. The minimum absolute atomic E-state index is 0.162. The number of esters is 1. The third-order valence-corrected chi connectivity index (χ3v) is 5.87. The first-order valence-corrected chi connectivity index (χ1v) is 11.0. The summed E-state index contributed by atoms with van der Waals surface area (Å²) in [7, 11) is 0. The largest absolute Gasteiger partial charge is 0.462 e. The molecule has 0 unspecified atom stereocenters. The van der Waals surface area contributed by atoms with Crippen molar-refractivity contribution in [2.45, 2.75) is 13.3 Å². The van der Waals surface area contributed by atoms with Crippen molar-refractivity contribution in [3.8, 4) is 10.6 Å². The van der Waals surface area contributed by atoms with Crippen molar-refractivity contribution in [3.63, 3.8) is 0 Å². The molecule has 2 aromatic heterocycles. The Morgan fingerprint density at radius 1 is 0.968 bits per heavy atom. The number of benzene rings is 2. The summed E-state index contributed by atoms with van der Waals surface area (Å²) in [5.74, 6) is -0.0993. The fraction of sp³-hybridized carbons (Fsp3) is 0.120. The first-order valence-electron chi connectivity index (χ1n) is 9.79. The molecule has 0 radical (unpaired) electrons. The van der Waals surface area contributed by atoms with E-state index in [1.165, 1.54) is 11.3 Å². The SMILES string of the molecule is CCOC(=O)c1c(-c2cccs2)oc(Cc2ccccc2)c1C(=O)c1ccc(Cl)cc1. The molecule has 4 nitrogen and oxygen atoms in total. The predicted molar refractivity (Wildman–Crippen MR) is 122 cm³/mol. The maximum Gasteiger partial charge on any atom is 0.342 e. The fourth-order valence-corrected chi connectivity index (χ4v) is 4.19. The van der Waals surface area contributed by atoms with E-state index in [1.54, 1.807) is 31.2 Å². The molecule has 4 rings (SSSR count). The Kier molecular flexibility index (Phi) is 6.35. The number of ketones is 1. The molecule has 0 aliphatic rings. The van der Waals surface area contributed by atoms with Crippen LogP contribution in [0.3, 0.4) is 0 Å². The number of hydrogen-bond donors (Lipinski definition) is 0. The van der Waals surface area contributed by atoms with E-state index >= 15 is 0 Å². The molecule has 0 saturated carbocycles. The van der Waals surface area contributed by atoms with E-state index < -0.39 is 5.97 Å². The van der Waals surface area contributed by atoms with Gasteiger partial charge in [-0.05, 0) is 48.2 Å². The zero-order valence-electron chi connectivity index (χ0n) is 16.8. The lowest BCUT2D eigenvalue weighted by Crippen LogP contribution is -2.13. The molecular formula is C25H19ClO4S. The maximum absolute atomic E-state index is 13.6. The second kappa shape index (κ2) is 9.33. The third kappa shape index (κ3) is 4.48. The minimum atomic E-state index is -0.578. The van der Waals surface area contributed by atoms with E-state index in [9.17, 15) is 9.59 Å². The van der Waals surface area contributed by atoms with Crippen molar-refractivity contribution in [1.82, 2.24) is 0 Å². The summed E-state index contributed by atoms with van der Waals surface area (Å²) < 4.78 is 11.5. The smallest absolute Gasteiger partial charge is 0.342 e. The quantitative estimate of drug-likeness (QED) is 0.233. The Morgan fingerprint density at radius 2 is 1.71 bits per heavy atom. The van der Waals surface area contributed by atoms with Crippen LogP contribution >= 0.6 is 22.9 Å². The van der Waals surface area contributed by atoms with Crippen molar-refractivity contribution >= 4 is 34.7 Å². The monoisotopic (exact) mass is 450 g/mol. The molecule has 0 bridgehead atoms. The van der Waals surface area contributed by atoms with E-state index in [0.29, 0.717) is 28.5 Å². The van der Waals surface area contributed by atoms with E-state index in [4.69, 9.17) is 20.8 Å². The van der Waals surface area contributed by atoms with Crippen LogP contribution in [0.2, 0.25) is 5.02 Å². The van der Waals surface area contributed by atoms with E-state index in [0.717, 1.165) is 10.4 Å². The first kappa shape index (κ1) is 21.1. The molecule has 6 heteroatoms. The van der Waals surface area contributed by atoms with Crippen molar-refractivity contribution in [1.29, 1.82) is 0 Å². The summed E-state index contributed by atoms with van der Waals surface area (Å²) in [5.41, 5.74) is 1.78. The fourth-order valence-electron chi connectivity index (χ4n) is 3.35. The van der Waals surface area contributed by atoms with Gasteiger partial charge in [0.25, 0.3) is 0 Å². The van der Waals surface area contributed by atoms with Gasteiger partial charge in [0.05, 0.1) is 17.0 Å². The third-order valence-electron chi connectivity index (χ3n) is 4.75. The lowest BCUT2D eigenvalue weighted by Gasteiger charge is -2.07. The lowest BCUT2D eigenvalue weighted by molar-refractivity contribution is 0.0524. The van der Waals surface area contributed by atoms with E-state index in [2.05, 4.69) is 0 Å². The number of thiophene rings is 1. The normalized spacial score (nSPS) is 10.8. The van der Waals surface area contributed by atoms with Crippen LogP contribution < -0.4 is 0 Å². The summed E-state index contributed by atoms with van der Waals surface area (Å²) in [6.07, 6.45) is 0.368. The van der Waals surface area contributed by atoms with Gasteiger partial charge in [0, 0.05) is 17.0 Å². The zero-order valence-corrected chi connectivity index (χ0v) is 18.3. The predicted octanol–water partition coefficient (Wildman–Crippen LogP) is 6.66. The number of hydrogen-bond acceptors (Lipinski definition) is 5. The Labute approximate surface area is 189 Å². The van der Waals surface area contributed by atoms with Gasteiger partial charge < -0.3 is 9.15 Å². The minimum Gasteiger partial charge on any atom is -0.462 e. The van der Waals surface area contributed by atoms with Crippen LogP contribution in [-0.2, 0) is 11.2 Å². The van der Waals surface area contributed by atoms with Gasteiger partial charge in [0.2, 0.25) is 0 Å². The maximum atomic E-state index is 13.6. The van der Waals surface area contributed by atoms with Crippen LogP contribution in [0.5, 0.6) is 0 Å². The standard InChI is InChI=1S/C25H19ClO4S/c1-2-29-25(28)22-21(23(27)17-10-12-18(26)13-11-17)19(15-16-7-4-3-5-8-16)30-24(22)20-9-6-14-31-20/h3-14H,2,15H2,1H3. The highest BCUT2D eigenvalue weighted by atomic mass is 35.5. The highest BCUT2D eigenvalue weighted by Crippen LogP contribution is 2.37. The molecule has 31 heavy (non-hydrogen) atoms. The summed E-state index contributed by atoms with van der Waals surface area (Å²) in [4.78, 5) is 27.3. The molecule has 0 atom stereocenters. The summed E-state index contributed by atoms with van der Waals surface area (Å²) in [6.45, 7) is 1.92. The number of furan rings is 1. The van der Waals surface area contributed by atoms with Gasteiger partial charge in [-0.2, -0.15) is 0 Å². The second-order valence-corrected chi connectivity index (χ2v) is 8.18. The van der Waals surface area contributed by atoms with Gasteiger partial charge in [-0.15, -0.1) is 11.3 Å². The van der Waals surface area contributed by atoms with E-state index in [1.807, 2.05) is 47.8 Å². The molecule has 4 aromatic rings. The highest BCUT2D eigenvalue weighted by molar-refractivity contribution is 7.13. The van der Waals surface area contributed by atoms with Crippen LogP contribution in [0.25, 0.3) is 10.6 Å². The van der Waals surface area contributed by atoms with E-state index in [-0.39, 0.29) is 23.5 Å². The number of rotatable bonds is 7. The van der Waals surface area contributed by atoms with Gasteiger partial charge >= 0.3 is 5.97 Å². The van der Waals surface area contributed by atoms with Crippen LogP contribution in [-0.4, -0.2) is 18.4 Å². The Hall–Kier alpha value is -3.15. The van der Waals surface area contributed by atoms with Crippen molar-refractivity contribution in [2.24, 2.45) is 0 Å². The van der Waals surface area contributed by atoms with Crippen LogP contribution in [0.1, 0.15) is 44.5 Å². The topological polar surface area (TPSA) is 56.5 Å². The summed E-state index contributed by atoms with van der Waals surface area (Å²) in [6, 6.07) is 20.0. The molecule has 0 fully saturated rings. The molecule has 2 aromatic carbocycles. The van der Waals surface area contributed by atoms with Crippen LogP contribution in [0.4, 0.5) is 0 Å². The molecule has 2 heterocycles. The Morgan fingerprint density at radius 3 is 2.35 bits per heavy atom. The molecule has 0 aliphatic carbocycles. The summed E-state index contributed by atoms with van der Waals surface area (Å²) in [5, 5.41) is 2.42. The van der Waals surface area contributed by atoms with Crippen molar-refractivity contribution in [3.05, 3.63) is 105 Å². The highest BCUT2D eigenvalue weighted by Gasteiger charge is 2.32. The van der Waals surface area contributed by atoms with Gasteiger partial charge in [-0.3, -0.25) is 4.79 Å². The number of carbonyl (C=O) groups is 2. The average Bonchev–Trinajstić information content (AvgIpc) is 3.43. The number of halogens is 1. The lowest BCUT2D eigenvalue weighted by atomic mass is 9.96. The molecule has 0 spiro atoms. The first-order chi connectivity index (χ1) is 15.1. The average molecular weight is 451 g/mol. The Balaban J connectivity index is 1.92. The Bertz CT molecular complexity index is 1190. The van der Waals surface area contributed by atoms with Crippen LogP contribution in [0, 0.1) is 0 Å². The van der Waals surface area contributed by atoms with Gasteiger partial charge in [0.1, 0.15) is 11.3 Å². The number of carbonyl (C=O) groups excluding carboxylic acids is 2.